The van der Waals surface area contributed by atoms with Gasteiger partial charge < -0.3 is 9.47 Å². The summed E-state index contributed by atoms with van der Waals surface area (Å²) >= 11 is 13.5. The van der Waals surface area contributed by atoms with Gasteiger partial charge in [-0.3, -0.25) is 0 Å². The lowest BCUT2D eigenvalue weighted by molar-refractivity contribution is -0.159. The smallest absolute Gasteiger partial charge is 0.350 e. The number of benzene rings is 1. The van der Waals surface area contributed by atoms with Crippen molar-refractivity contribution in [1.82, 2.24) is 0 Å². The molecule has 1 fully saturated rings. The van der Waals surface area contributed by atoms with Gasteiger partial charge in [0.15, 0.2) is 6.61 Å². The van der Waals surface area contributed by atoms with Crippen molar-refractivity contribution < 1.29 is 19.1 Å². The normalized spacial score (nSPS) is 22.4. The fourth-order valence-electron chi connectivity index (χ4n) is 3.81. The van der Waals surface area contributed by atoms with E-state index in [0.717, 1.165) is 29.3 Å². The van der Waals surface area contributed by atoms with Gasteiger partial charge >= 0.3 is 11.9 Å². The van der Waals surface area contributed by atoms with Gasteiger partial charge in [-0.25, -0.2) is 9.59 Å². The zero-order chi connectivity index (χ0) is 20.4. The highest BCUT2D eigenvalue weighted by atomic mass is 35.5. The van der Waals surface area contributed by atoms with Crippen LogP contribution in [0.1, 0.15) is 49.7 Å². The number of hydrogen-bond donors (Lipinski definition) is 0. The summed E-state index contributed by atoms with van der Waals surface area (Å²) in [5.74, 6) is 0.171. The molecule has 28 heavy (non-hydrogen) atoms. The van der Waals surface area contributed by atoms with Crippen LogP contribution in [0.4, 0.5) is 0 Å². The molecule has 0 radical (unpaired) electrons. The lowest BCUT2D eigenvalue weighted by Gasteiger charge is -2.36. The minimum atomic E-state index is -0.628. The number of fused-ring (bicyclic) bond motifs is 1. The predicted octanol–water partition coefficient (Wildman–Crippen LogP) is 6.37. The Labute approximate surface area is 179 Å². The maximum absolute atomic E-state index is 12.4. The topological polar surface area (TPSA) is 52.6 Å². The Balaban J connectivity index is 1.61. The van der Waals surface area contributed by atoms with E-state index in [-0.39, 0.29) is 11.0 Å². The number of esters is 2. The summed E-state index contributed by atoms with van der Waals surface area (Å²) < 4.78 is 11.6. The number of thiophene rings is 1. The third-order valence-electron chi connectivity index (χ3n) is 5.34. The van der Waals surface area contributed by atoms with Crippen molar-refractivity contribution >= 4 is 56.6 Å². The van der Waals surface area contributed by atoms with Crippen molar-refractivity contribution in [3.8, 4) is 0 Å². The van der Waals surface area contributed by atoms with Gasteiger partial charge in [0.2, 0.25) is 0 Å². The van der Waals surface area contributed by atoms with Gasteiger partial charge in [-0.2, -0.15) is 0 Å². The van der Waals surface area contributed by atoms with Crippen LogP contribution < -0.4 is 0 Å². The summed E-state index contributed by atoms with van der Waals surface area (Å²) in [6, 6.07) is 5.22. The van der Waals surface area contributed by atoms with Crippen molar-refractivity contribution in [3.05, 3.63) is 33.1 Å². The predicted molar refractivity (Wildman–Crippen MR) is 113 cm³/mol. The number of carbonyl (C=O) groups is 2. The number of rotatable bonds is 5. The Kier molecular flexibility index (Phi) is 6.89. The molecule has 1 heterocycles. The van der Waals surface area contributed by atoms with Gasteiger partial charge in [-0.1, -0.05) is 56.5 Å². The van der Waals surface area contributed by atoms with Crippen molar-refractivity contribution in [3.63, 3.8) is 0 Å². The summed E-state index contributed by atoms with van der Waals surface area (Å²) in [5, 5.41) is 1.62. The van der Waals surface area contributed by atoms with E-state index >= 15 is 0 Å². The SMILES string of the molecule is CC1CCC(C(C)C)C(OC(=O)COC(=O)c2sc3cc(Cl)ccc3c2Cl)C1. The van der Waals surface area contributed by atoms with Crippen LogP contribution in [0, 0.1) is 17.8 Å². The second-order valence-electron chi connectivity index (χ2n) is 7.82. The molecule has 4 nitrogen and oxygen atoms in total. The van der Waals surface area contributed by atoms with Gasteiger partial charge in [-0.15, -0.1) is 11.3 Å². The molecule has 0 saturated heterocycles. The van der Waals surface area contributed by atoms with Crippen LogP contribution in [0.5, 0.6) is 0 Å². The van der Waals surface area contributed by atoms with Gasteiger partial charge in [0.1, 0.15) is 11.0 Å². The molecular weight excluding hydrogens is 419 g/mol. The lowest BCUT2D eigenvalue weighted by atomic mass is 9.75. The van der Waals surface area contributed by atoms with E-state index in [9.17, 15) is 9.59 Å². The Morgan fingerprint density at radius 3 is 2.71 bits per heavy atom. The molecule has 0 spiro atoms. The first-order valence-corrected chi connectivity index (χ1v) is 11.1. The third kappa shape index (κ3) is 4.81. The highest BCUT2D eigenvalue weighted by Gasteiger charge is 2.33. The second-order valence-corrected chi connectivity index (χ2v) is 9.68. The lowest BCUT2D eigenvalue weighted by Crippen LogP contribution is -2.36. The first-order chi connectivity index (χ1) is 13.3. The Morgan fingerprint density at radius 1 is 1.25 bits per heavy atom. The summed E-state index contributed by atoms with van der Waals surface area (Å²) in [6.45, 7) is 6.06. The van der Waals surface area contributed by atoms with Gasteiger partial charge in [0.25, 0.3) is 0 Å². The van der Waals surface area contributed by atoms with Crippen LogP contribution in [-0.4, -0.2) is 24.6 Å². The molecular formula is C21H24Cl2O4S. The van der Waals surface area contributed by atoms with E-state index in [1.165, 1.54) is 11.3 Å². The molecule has 3 rings (SSSR count). The Bertz CT molecular complexity index is 877. The molecule has 1 saturated carbocycles. The molecule has 7 heteroatoms. The maximum Gasteiger partial charge on any atom is 0.350 e. The minimum absolute atomic E-state index is 0.120. The Morgan fingerprint density at radius 2 is 2.00 bits per heavy atom. The van der Waals surface area contributed by atoms with Gasteiger partial charge in [-0.05, 0) is 42.7 Å². The third-order valence-corrected chi connectivity index (χ3v) is 7.21. The van der Waals surface area contributed by atoms with Crippen LogP contribution in [0.15, 0.2) is 18.2 Å². The number of ether oxygens (including phenoxy) is 2. The largest absolute Gasteiger partial charge is 0.460 e. The molecule has 3 unspecified atom stereocenters. The monoisotopic (exact) mass is 442 g/mol. The van der Waals surface area contributed by atoms with E-state index in [1.54, 1.807) is 18.2 Å². The zero-order valence-corrected chi connectivity index (χ0v) is 18.5. The molecule has 1 aromatic carbocycles. The molecule has 1 aromatic heterocycles. The number of carbonyl (C=O) groups excluding carboxylic acids is 2. The molecule has 0 bridgehead atoms. The van der Waals surface area contributed by atoms with Crippen molar-refractivity contribution in [2.24, 2.45) is 17.8 Å². The first kappa shape index (κ1) is 21.4. The average Bonchev–Trinajstić information content (AvgIpc) is 2.95. The summed E-state index contributed by atoms with van der Waals surface area (Å²) in [7, 11) is 0. The highest BCUT2D eigenvalue weighted by Crippen LogP contribution is 2.37. The van der Waals surface area contributed by atoms with Crippen LogP contribution >= 0.6 is 34.5 Å². The molecule has 0 aliphatic heterocycles. The fraction of sp³-hybridized carbons (Fsp3) is 0.524. The summed E-state index contributed by atoms with van der Waals surface area (Å²) in [4.78, 5) is 24.9. The molecule has 1 aliphatic carbocycles. The molecule has 3 atom stereocenters. The maximum atomic E-state index is 12.4. The van der Waals surface area contributed by atoms with Gasteiger partial charge in [0, 0.05) is 15.1 Å². The average molecular weight is 443 g/mol. The molecule has 152 valence electrons. The number of halogens is 2. The van der Waals surface area contributed by atoms with Crippen LogP contribution in [0.3, 0.4) is 0 Å². The quantitative estimate of drug-likeness (QED) is 0.504. The fourth-order valence-corrected chi connectivity index (χ4v) is 5.49. The van der Waals surface area contributed by atoms with Gasteiger partial charge in [0.05, 0.1) is 5.02 Å². The zero-order valence-electron chi connectivity index (χ0n) is 16.2. The molecule has 2 aromatic rings. The van der Waals surface area contributed by atoms with E-state index in [1.807, 2.05) is 0 Å². The van der Waals surface area contributed by atoms with E-state index in [2.05, 4.69) is 20.8 Å². The standard InChI is InChI=1S/C21H24Cl2O4S/c1-11(2)14-6-4-12(3)8-16(14)27-18(24)10-26-21(25)20-19(23)15-7-5-13(22)9-17(15)28-20/h5,7,9,11-12,14,16H,4,6,8,10H2,1-3H3. The molecule has 0 N–H and O–H groups in total. The Hall–Kier alpha value is -1.30. The van der Waals surface area contributed by atoms with Crippen LogP contribution in [-0.2, 0) is 14.3 Å². The van der Waals surface area contributed by atoms with Crippen LogP contribution in [0.25, 0.3) is 10.1 Å². The van der Waals surface area contributed by atoms with Crippen molar-refractivity contribution in [2.75, 3.05) is 6.61 Å². The minimum Gasteiger partial charge on any atom is -0.460 e. The van der Waals surface area contributed by atoms with Crippen LogP contribution in [0.2, 0.25) is 10.0 Å². The molecule has 1 aliphatic rings. The van der Waals surface area contributed by atoms with E-state index < -0.39 is 18.5 Å². The molecule has 0 amide bonds. The van der Waals surface area contributed by atoms with Crippen molar-refractivity contribution in [2.45, 2.75) is 46.1 Å². The summed E-state index contributed by atoms with van der Waals surface area (Å²) in [6.07, 6.45) is 2.94. The summed E-state index contributed by atoms with van der Waals surface area (Å²) in [5.41, 5.74) is 0. The highest BCUT2D eigenvalue weighted by molar-refractivity contribution is 7.21. The number of hydrogen-bond acceptors (Lipinski definition) is 5. The van der Waals surface area contributed by atoms with E-state index in [0.29, 0.717) is 27.8 Å². The first-order valence-electron chi connectivity index (χ1n) is 9.50. The second kappa shape index (κ2) is 9.02. The van der Waals surface area contributed by atoms with E-state index in [4.69, 9.17) is 32.7 Å². The van der Waals surface area contributed by atoms with Crippen molar-refractivity contribution in [1.29, 1.82) is 0 Å².